The van der Waals surface area contributed by atoms with Crippen LogP contribution in [0.3, 0.4) is 0 Å². The molecule has 0 aromatic heterocycles. The number of fused-ring (bicyclic) bond motifs is 13. The molecule has 2 aliphatic rings. The maximum Gasteiger partial charge on any atom is 0.329 e. The summed E-state index contributed by atoms with van der Waals surface area (Å²) in [4.78, 5) is 2.57. The molecule has 0 spiro atoms. The predicted octanol–water partition coefficient (Wildman–Crippen LogP) is 6.90. The Morgan fingerprint density at radius 1 is 0.382 bits per heavy atom. The van der Waals surface area contributed by atoms with Crippen LogP contribution in [-0.2, 0) is 0 Å². The summed E-state index contributed by atoms with van der Waals surface area (Å²) in [5.74, 6) is 0. The Morgan fingerprint density at radius 3 is 1.24 bits per heavy atom. The minimum absolute atomic E-state index is 0.129. The lowest BCUT2D eigenvalue weighted by molar-refractivity contribution is 1.35. The van der Waals surface area contributed by atoms with Crippen LogP contribution in [0.5, 0.6) is 0 Å². The first-order chi connectivity index (χ1) is 16.9. The fraction of sp³-hybridized carbons (Fsp3) is 0. The summed E-state index contributed by atoms with van der Waals surface area (Å²) in [7, 11) is 0. The van der Waals surface area contributed by atoms with Gasteiger partial charge in [0.1, 0.15) is 0 Å². The van der Waals surface area contributed by atoms with Gasteiger partial charge in [-0.3, -0.25) is 0 Å². The van der Waals surface area contributed by atoms with Crippen molar-refractivity contribution in [1.29, 1.82) is 0 Å². The molecule has 6 aromatic carbocycles. The van der Waals surface area contributed by atoms with E-state index in [0.717, 1.165) is 0 Å². The fourth-order valence-corrected chi connectivity index (χ4v) is 6.11. The minimum atomic E-state index is 0.129. The van der Waals surface area contributed by atoms with Crippen molar-refractivity contribution in [3.8, 4) is 22.3 Å². The zero-order valence-electron chi connectivity index (χ0n) is 18.6. The highest BCUT2D eigenvalue weighted by Crippen LogP contribution is 2.46. The molecule has 0 atom stereocenters. The molecule has 0 N–H and O–H groups in total. The van der Waals surface area contributed by atoms with Crippen molar-refractivity contribution < 1.29 is 0 Å². The van der Waals surface area contributed by atoms with E-state index in [1.165, 1.54) is 66.1 Å². The quantitative estimate of drug-likeness (QED) is 0.238. The number of hydrogen-bond acceptors (Lipinski definition) is 1. The maximum absolute atomic E-state index is 2.57. The summed E-state index contributed by atoms with van der Waals surface area (Å²) in [5, 5.41) is 5.17. The zero-order chi connectivity index (χ0) is 22.2. The molecule has 0 amide bonds. The van der Waals surface area contributed by atoms with Gasteiger partial charge in [0.15, 0.2) is 0 Å². The zero-order valence-corrected chi connectivity index (χ0v) is 18.6. The topological polar surface area (TPSA) is 3.24 Å². The second kappa shape index (κ2) is 6.62. The molecule has 0 aliphatic carbocycles. The van der Waals surface area contributed by atoms with Gasteiger partial charge >= 0.3 is 6.85 Å². The summed E-state index contributed by atoms with van der Waals surface area (Å²) >= 11 is 0. The van der Waals surface area contributed by atoms with Gasteiger partial charge in [-0.05, 0) is 67.9 Å². The van der Waals surface area contributed by atoms with E-state index in [1.54, 1.807) is 0 Å². The average Bonchev–Trinajstić information content (AvgIpc) is 2.91. The van der Waals surface area contributed by atoms with Crippen molar-refractivity contribution in [2.75, 3.05) is 4.81 Å². The molecule has 2 aliphatic heterocycles. The fourth-order valence-electron chi connectivity index (χ4n) is 6.11. The summed E-state index contributed by atoms with van der Waals surface area (Å²) < 4.78 is 0. The van der Waals surface area contributed by atoms with E-state index < -0.39 is 0 Å². The molecular formula is C32H20BN. The van der Waals surface area contributed by atoms with Crippen LogP contribution in [0.4, 0.5) is 11.4 Å². The molecule has 0 radical (unpaired) electrons. The van der Waals surface area contributed by atoms with Crippen molar-refractivity contribution in [3.05, 3.63) is 121 Å². The molecule has 8 rings (SSSR count). The Balaban J connectivity index is 1.54. The van der Waals surface area contributed by atoms with Gasteiger partial charge in [0, 0.05) is 22.5 Å². The largest absolute Gasteiger partial charge is 0.376 e. The van der Waals surface area contributed by atoms with Crippen LogP contribution in [0.2, 0.25) is 0 Å². The second-order valence-corrected chi connectivity index (χ2v) is 9.38. The SMILES string of the molecule is c1ccc2c(c1)-c1cc3ccccc3cc1B1c3cc4ccccc4cc3-c3ccccc3N12. The lowest BCUT2D eigenvalue weighted by atomic mass is 9.43. The first-order valence-corrected chi connectivity index (χ1v) is 11.9. The van der Waals surface area contributed by atoms with Gasteiger partial charge in [0.25, 0.3) is 0 Å². The van der Waals surface area contributed by atoms with E-state index in [4.69, 9.17) is 0 Å². The standard InChI is InChI=1S/C32H20BN/c1-3-11-23-19-29-27(17-21(23)9-1)25-13-5-7-15-31(25)34-32-16-8-6-14-26(32)28-18-22-10-2-4-12-24(22)20-30(28)33(29)34/h1-20H. The van der Waals surface area contributed by atoms with Gasteiger partial charge in [-0.1, -0.05) is 97.1 Å². The van der Waals surface area contributed by atoms with E-state index >= 15 is 0 Å². The van der Waals surface area contributed by atoms with E-state index in [2.05, 4.69) is 126 Å². The number of nitrogens with zero attached hydrogens (tertiary/aromatic N) is 1. The normalized spacial score (nSPS) is 13.2. The van der Waals surface area contributed by atoms with Crippen LogP contribution in [0.1, 0.15) is 0 Å². The average molecular weight is 429 g/mol. The van der Waals surface area contributed by atoms with Crippen molar-refractivity contribution in [2.45, 2.75) is 0 Å². The third-order valence-electron chi connectivity index (χ3n) is 7.59. The highest BCUT2D eigenvalue weighted by atomic mass is 15.1. The molecule has 2 heteroatoms. The van der Waals surface area contributed by atoms with Crippen molar-refractivity contribution in [3.63, 3.8) is 0 Å². The number of benzene rings is 6. The third kappa shape index (κ3) is 2.35. The Labute approximate surface area is 199 Å². The van der Waals surface area contributed by atoms with E-state index in [9.17, 15) is 0 Å². The van der Waals surface area contributed by atoms with E-state index in [0.29, 0.717) is 0 Å². The highest BCUT2D eigenvalue weighted by Gasteiger charge is 2.42. The molecule has 0 saturated carbocycles. The molecule has 0 unspecified atom stereocenters. The Hall–Kier alpha value is -4.30. The number of rotatable bonds is 0. The Morgan fingerprint density at radius 2 is 0.765 bits per heavy atom. The number of anilines is 2. The number of hydrogen-bond donors (Lipinski definition) is 0. The summed E-state index contributed by atoms with van der Waals surface area (Å²) in [5.41, 5.74) is 10.6. The second-order valence-electron chi connectivity index (χ2n) is 9.38. The summed E-state index contributed by atoms with van der Waals surface area (Å²) in [6.07, 6.45) is 0. The van der Waals surface area contributed by atoms with Gasteiger partial charge in [-0.15, -0.1) is 0 Å². The van der Waals surface area contributed by atoms with Gasteiger partial charge < -0.3 is 4.81 Å². The molecule has 0 fully saturated rings. The monoisotopic (exact) mass is 429 g/mol. The lowest BCUT2D eigenvalue weighted by Gasteiger charge is -2.43. The molecule has 0 bridgehead atoms. The van der Waals surface area contributed by atoms with Crippen LogP contribution >= 0.6 is 0 Å². The van der Waals surface area contributed by atoms with Gasteiger partial charge in [0.05, 0.1) is 0 Å². The smallest absolute Gasteiger partial charge is 0.329 e. The Kier molecular flexibility index (Phi) is 3.54. The molecular weight excluding hydrogens is 409 g/mol. The maximum atomic E-state index is 2.57. The third-order valence-corrected chi connectivity index (χ3v) is 7.59. The van der Waals surface area contributed by atoms with Crippen LogP contribution < -0.4 is 15.7 Å². The lowest BCUT2D eigenvalue weighted by Crippen LogP contribution is -2.59. The van der Waals surface area contributed by atoms with Crippen LogP contribution in [0, 0.1) is 0 Å². The molecule has 34 heavy (non-hydrogen) atoms. The van der Waals surface area contributed by atoms with E-state index in [-0.39, 0.29) is 6.85 Å². The molecule has 156 valence electrons. The van der Waals surface area contributed by atoms with Gasteiger partial charge in [-0.2, -0.15) is 0 Å². The summed E-state index contributed by atoms with van der Waals surface area (Å²) in [6, 6.07) is 44.9. The molecule has 2 heterocycles. The first-order valence-electron chi connectivity index (χ1n) is 11.9. The molecule has 0 saturated heterocycles. The Bertz CT molecular complexity index is 1650. The summed E-state index contributed by atoms with van der Waals surface area (Å²) in [6.45, 7) is 0.129. The van der Waals surface area contributed by atoms with Crippen molar-refractivity contribution in [2.24, 2.45) is 0 Å². The van der Waals surface area contributed by atoms with Crippen molar-refractivity contribution in [1.82, 2.24) is 0 Å². The minimum Gasteiger partial charge on any atom is -0.376 e. The van der Waals surface area contributed by atoms with Gasteiger partial charge in [-0.25, -0.2) is 0 Å². The first kappa shape index (κ1) is 18.2. The van der Waals surface area contributed by atoms with Gasteiger partial charge in [0.2, 0.25) is 0 Å². The molecule has 6 aromatic rings. The van der Waals surface area contributed by atoms with E-state index in [1.807, 2.05) is 0 Å². The highest BCUT2D eigenvalue weighted by molar-refractivity contribution is 6.92. The van der Waals surface area contributed by atoms with Crippen molar-refractivity contribution >= 4 is 50.7 Å². The predicted molar refractivity (Wildman–Crippen MR) is 146 cm³/mol. The number of para-hydroxylation sites is 2. The molecule has 1 nitrogen and oxygen atoms in total. The van der Waals surface area contributed by atoms with Crippen LogP contribution in [0.15, 0.2) is 121 Å². The van der Waals surface area contributed by atoms with Crippen LogP contribution in [-0.4, -0.2) is 6.85 Å². The van der Waals surface area contributed by atoms with Crippen LogP contribution in [0.25, 0.3) is 43.8 Å².